The lowest BCUT2D eigenvalue weighted by Gasteiger charge is -2.08. The summed E-state index contributed by atoms with van der Waals surface area (Å²) < 4.78 is 42.4. The average Bonchev–Trinajstić information content (AvgIpc) is 2.66. The van der Waals surface area contributed by atoms with Gasteiger partial charge < -0.3 is 4.74 Å². The van der Waals surface area contributed by atoms with Gasteiger partial charge in [-0.05, 0) is 30.2 Å². The summed E-state index contributed by atoms with van der Waals surface area (Å²) in [4.78, 5) is 34.1. The van der Waals surface area contributed by atoms with E-state index in [0.29, 0.717) is 5.56 Å². The number of halogens is 3. The van der Waals surface area contributed by atoms with Crippen molar-refractivity contribution in [2.45, 2.75) is 31.9 Å². The van der Waals surface area contributed by atoms with Gasteiger partial charge in [0.2, 0.25) is 0 Å². The van der Waals surface area contributed by atoms with Crippen LogP contribution in [0.25, 0.3) is 0 Å². The van der Waals surface area contributed by atoms with Crippen LogP contribution in [0.3, 0.4) is 0 Å². The van der Waals surface area contributed by atoms with E-state index in [9.17, 15) is 27.6 Å². The number of aryl methyl sites for hydroxylation is 1. The van der Waals surface area contributed by atoms with Crippen molar-refractivity contribution >= 4 is 17.5 Å². The molecule has 1 rings (SSSR count). The number of ketones is 2. The Labute approximate surface area is 161 Å². The molecule has 0 spiro atoms. The quantitative estimate of drug-likeness (QED) is 0.335. The number of benzene rings is 1. The number of alkyl halides is 3. The van der Waals surface area contributed by atoms with Gasteiger partial charge in [-0.25, -0.2) is 0 Å². The number of esters is 1. The molecular weight excluding hydrogens is 373 g/mol. The average molecular weight is 394 g/mol. The number of allylic oxidation sites excluding steroid dienone is 6. The van der Waals surface area contributed by atoms with Crippen LogP contribution >= 0.6 is 0 Å². The zero-order chi connectivity index (χ0) is 21.0. The molecule has 0 aliphatic carbocycles. The Balaban J connectivity index is 2.38. The Morgan fingerprint density at radius 3 is 2.11 bits per heavy atom. The molecule has 150 valence electrons. The molecule has 0 fully saturated rings. The van der Waals surface area contributed by atoms with Crippen LogP contribution in [0.15, 0.2) is 60.7 Å². The van der Waals surface area contributed by atoms with Gasteiger partial charge in [0.15, 0.2) is 11.6 Å². The van der Waals surface area contributed by atoms with Crippen LogP contribution in [0.2, 0.25) is 0 Å². The minimum Gasteiger partial charge on any atom is -0.469 e. The summed E-state index contributed by atoms with van der Waals surface area (Å²) in [5.41, 5.74) is -0.288. The van der Waals surface area contributed by atoms with Gasteiger partial charge in [0.1, 0.15) is 0 Å². The molecule has 0 bridgehead atoms. The molecule has 0 unspecified atom stereocenters. The molecule has 0 aromatic heterocycles. The van der Waals surface area contributed by atoms with Gasteiger partial charge in [-0.2, -0.15) is 13.2 Å². The Morgan fingerprint density at radius 1 is 0.929 bits per heavy atom. The van der Waals surface area contributed by atoms with Gasteiger partial charge in [-0.3, -0.25) is 14.4 Å². The predicted octanol–water partition coefficient (Wildman–Crippen LogP) is 4.40. The maximum Gasteiger partial charge on any atom is 0.416 e. The van der Waals surface area contributed by atoms with E-state index in [4.69, 9.17) is 0 Å². The first-order valence-corrected chi connectivity index (χ1v) is 8.52. The Kier molecular flexibility index (Phi) is 9.64. The van der Waals surface area contributed by atoms with Crippen molar-refractivity contribution in [3.8, 4) is 0 Å². The Hall–Kier alpha value is -2.96. The second kappa shape index (κ2) is 11.7. The van der Waals surface area contributed by atoms with E-state index in [-0.39, 0.29) is 37.2 Å². The van der Waals surface area contributed by atoms with Gasteiger partial charge in [0.05, 0.1) is 19.1 Å². The first kappa shape index (κ1) is 23.1. The highest BCUT2D eigenvalue weighted by Crippen LogP contribution is 2.29. The molecule has 4 nitrogen and oxygen atoms in total. The summed E-state index contributed by atoms with van der Waals surface area (Å²) in [7, 11) is 1.25. The molecule has 0 aliphatic heterocycles. The molecule has 0 radical (unpaired) electrons. The monoisotopic (exact) mass is 394 g/mol. The Bertz CT molecular complexity index is 774. The van der Waals surface area contributed by atoms with Crippen molar-refractivity contribution in [2.24, 2.45) is 0 Å². The highest BCUT2D eigenvalue weighted by atomic mass is 19.4. The van der Waals surface area contributed by atoms with Crippen molar-refractivity contribution in [2.75, 3.05) is 7.11 Å². The van der Waals surface area contributed by atoms with E-state index in [0.717, 1.165) is 12.1 Å². The second-order valence-electron chi connectivity index (χ2n) is 5.81. The summed E-state index contributed by atoms with van der Waals surface area (Å²) in [6, 6.07) is 4.90. The van der Waals surface area contributed by atoms with Crippen molar-refractivity contribution in [1.29, 1.82) is 0 Å². The lowest BCUT2D eigenvalue weighted by Crippen LogP contribution is -2.05. The molecule has 28 heavy (non-hydrogen) atoms. The minimum absolute atomic E-state index is 0.0175. The number of carbonyl (C=O) groups is 3. The highest BCUT2D eigenvalue weighted by Gasteiger charge is 2.30. The zero-order valence-electron chi connectivity index (χ0n) is 15.4. The normalized spacial score (nSPS) is 12.1. The van der Waals surface area contributed by atoms with Crippen molar-refractivity contribution in [3.05, 3.63) is 71.8 Å². The lowest BCUT2D eigenvalue weighted by atomic mass is 10.0. The zero-order valence-corrected chi connectivity index (χ0v) is 15.4. The highest BCUT2D eigenvalue weighted by molar-refractivity contribution is 5.92. The third kappa shape index (κ3) is 9.66. The van der Waals surface area contributed by atoms with Gasteiger partial charge >= 0.3 is 12.1 Å². The number of hydrogen-bond acceptors (Lipinski definition) is 4. The molecule has 0 atom stereocenters. The molecule has 0 aliphatic rings. The van der Waals surface area contributed by atoms with Crippen LogP contribution in [0, 0.1) is 0 Å². The molecule has 1 aromatic carbocycles. The summed E-state index contributed by atoms with van der Waals surface area (Å²) in [5.74, 6) is -0.903. The maximum absolute atomic E-state index is 12.6. The first-order chi connectivity index (χ1) is 13.2. The van der Waals surface area contributed by atoms with E-state index in [1.807, 2.05) is 0 Å². The molecule has 0 amide bonds. The third-order valence-corrected chi connectivity index (χ3v) is 3.62. The smallest absolute Gasteiger partial charge is 0.416 e. The fourth-order valence-corrected chi connectivity index (χ4v) is 2.12. The first-order valence-electron chi connectivity index (χ1n) is 8.52. The largest absolute Gasteiger partial charge is 0.469 e. The van der Waals surface area contributed by atoms with Crippen molar-refractivity contribution < 1.29 is 32.3 Å². The molecule has 1 aromatic rings. The SMILES string of the molecule is COC(=O)CCC(=O)/C=C/C=C/C=C/C(=O)CCc1cccc(C(F)(F)F)c1. The number of hydrogen-bond donors (Lipinski definition) is 0. The van der Waals surface area contributed by atoms with Crippen LogP contribution in [0.5, 0.6) is 0 Å². The van der Waals surface area contributed by atoms with E-state index in [1.165, 1.54) is 37.5 Å². The van der Waals surface area contributed by atoms with E-state index >= 15 is 0 Å². The summed E-state index contributed by atoms with van der Waals surface area (Å²) in [6.07, 6.45) is 4.66. The van der Waals surface area contributed by atoms with Crippen LogP contribution in [0.4, 0.5) is 13.2 Å². The van der Waals surface area contributed by atoms with Crippen LogP contribution in [-0.4, -0.2) is 24.6 Å². The van der Waals surface area contributed by atoms with E-state index in [1.54, 1.807) is 18.2 Å². The number of methoxy groups -OCH3 is 1. The number of carbonyl (C=O) groups excluding carboxylic acids is 3. The lowest BCUT2D eigenvalue weighted by molar-refractivity contribution is -0.141. The van der Waals surface area contributed by atoms with Crippen LogP contribution in [-0.2, 0) is 31.7 Å². The minimum atomic E-state index is -4.40. The second-order valence-corrected chi connectivity index (χ2v) is 5.81. The molecule has 0 heterocycles. The van der Waals surface area contributed by atoms with Gasteiger partial charge in [-0.15, -0.1) is 0 Å². The molecule has 0 N–H and O–H groups in total. The summed E-state index contributed by atoms with van der Waals surface area (Å²) >= 11 is 0. The van der Waals surface area contributed by atoms with Crippen molar-refractivity contribution in [3.63, 3.8) is 0 Å². The fraction of sp³-hybridized carbons (Fsp3) is 0.286. The predicted molar refractivity (Wildman–Crippen MR) is 98.4 cm³/mol. The van der Waals surface area contributed by atoms with Crippen LogP contribution < -0.4 is 0 Å². The molecule has 0 saturated heterocycles. The van der Waals surface area contributed by atoms with Crippen LogP contribution in [0.1, 0.15) is 30.4 Å². The Morgan fingerprint density at radius 2 is 1.54 bits per heavy atom. The molecular formula is C21H21F3O4. The molecule has 7 heteroatoms. The van der Waals surface area contributed by atoms with Gasteiger partial charge in [0, 0.05) is 12.8 Å². The summed E-state index contributed by atoms with van der Waals surface area (Å²) in [6.45, 7) is 0. The summed E-state index contributed by atoms with van der Waals surface area (Å²) in [5, 5.41) is 0. The van der Waals surface area contributed by atoms with E-state index in [2.05, 4.69) is 4.74 Å². The van der Waals surface area contributed by atoms with Gasteiger partial charge in [0.25, 0.3) is 0 Å². The molecule has 0 saturated carbocycles. The maximum atomic E-state index is 12.6. The topological polar surface area (TPSA) is 60.4 Å². The standard InChI is InChI=1S/C21H21F3O4/c1-28-20(27)14-13-19(26)10-5-3-2-4-9-18(25)12-11-16-7-6-8-17(15-16)21(22,23)24/h2-10,15H,11-14H2,1H3/b3-2+,9-4+,10-5+. The van der Waals surface area contributed by atoms with E-state index < -0.39 is 17.7 Å². The third-order valence-electron chi connectivity index (χ3n) is 3.62. The van der Waals surface area contributed by atoms with Gasteiger partial charge in [-0.1, -0.05) is 42.5 Å². The fourth-order valence-electron chi connectivity index (χ4n) is 2.12. The number of rotatable bonds is 10. The van der Waals surface area contributed by atoms with Crippen molar-refractivity contribution in [1.82, 2.24) is 0 Å². The number of ether oxygens (including phenoxy) is 1.